The van der Waals surface area contributed by atoms with Crippen LogP contribution in [0.2, 0.25) is 0 Å². The Labute approximate surface area is 172 Å². The number of benzene rings is 2. The molecule has 150 valence electrons. The number of carbonyl (C=O) groups is 1. The summed E-state index contributed by atoms with van der Waals surface area (Å²) in [6, 6.07) is 21.9. The van der Waals surface area contributed by atoms with E-state index < -0.39 is 5.60 Å². The largest absolute Gasteiger partial charge is 0.476 e. The van der Waals surface area contributed by atoms with Crippen LogP contribution >= 0.6 is 0 Å². The minimum absolute atomic E-state index is 0.186. The summed E-state index contributed by atoms with van der Waals surface area (Å²) in [7, 11) is 0. The van der Waals surface area contributed by atoms with Crippen molar-refractivity contribution >= 4 is 5.97 Å². The van der Waals surface area contributed by atoms with E-state index in [2.05, 4.69) is 17.1 Å². The number of hydrogen-bond donors (Lipinski definition) is 0. The monoisotopic (exact) mass is 389 g/mol. The lowest BCUT2D eigenvalue weighted by Gasteiger charge is -2.28. The van der Waals surface area contributed by atoms with Crippen LogP contribution in [0.4, 0.5) is 0 Å². The van der Waals surface area contributed by atoms with Crippen LogP contribution in [0.1, 0.15) is 43.4 Å². The first-order chi connectivity index (χ1) is 14.1. The van der Waals surface area contributed by atoms with Crippen molar-refractivity contribution < 1.29 is 14.3 Å². The lowest BCUT2D eigenvalue weighted by Crippen LogP contribution is -2.42. The van der Waals surface area contributed by atoms with Gasteiger partial charge < -0.3 is 9.47 Å². The van der Waals surface area contributed by atoms with Gasteiger partial charge in [0, 0.05) is 18.0 Å². The summed E-state index contributed by atoms with van der Waals surface area (Å²) in [6.07, 6.45) is 5.63. The minimum Gasteiger partial charge on any atom is -0.476 e. The number of rotatable bonds is 9. The maximum atomic E-state index is 12.8. The second-order valence-corrected chi connectivity index (χ2v) is 7.33. The third kappa shape index (κ3) is 5.92. The Hall–Kier alpha value is -3.14. The van der Waals surface area contributed by atoms with Gasteiger partial charge in [-0.05, 0) is 49.1 Å². The molecule has 0 aliphatic carbocycles. The number of ether oxygens (including phenoxy) is 2. The van der Waals surface area contributed by atoms with Gasteiger partial charge in [-0.25, -0.2) is 4.79 Å². The fourth-order valence-electron chi connectivity index (χ4n) is 3.22. The Balaban J connectivity index is 1.64. The van der Waals surface area contributed by atoms with Crippen molar-refractivity contribution in [2.24, 2.45) is 0 Å². The Kier molecular flexibility index (Phi) is 7.01. The quantitative estimate of drug-likeness (QED) is 0.463. The molecule has 1 unspecified atom stereocenters. The molecule has 1 atom stereocenters. The molecule has 0 bridgehead atoms. The molecule has 4 heteroatoms. The molecule has 0 aliphatic rings. The highest BCUT2D eigenvalue weighted by atomic mass is 16.6. The average Bonchev–Trinajstić information content (AvgIpc) is 2.75. The third-order valence-electron chi connectivity index (χ3n) is 4.77. The highest BCUT2D eigenvalue weighted by Gasteiger charge is 2.36. The first-order valence-corrected chi connectivity index (χ1v) is 9.97. The molecule has 0 aliphatic heterocycles. The van der Waals surface area contributed by atoms with Crippen LogP contribution in [0.5, 0.6) is 5.75 Å². The van der Waals surface area contributed by atoms with Crippen molar-refractivity contribution in [2.45, 2.75) is 45.3 Å². The number of esters is 1. The van der Waals surface area contributed by atoms with Crippen molar-refractivity contribution in [3.8, 4) is 5.75 Å². The van der Waals surface area contributed by atoms with Crippen LogP contribution in [0.25, 0.3) is 0 Å². The molecule has 3 aromatic rings. The van der Waals surface area contributed by atoms with Crippen molar-refractivity contribution in [3.05, 3.63) is 95.8 Å². The van der Waals surface area contributed by atoms with E-state index in [-0.39, 0.29) is 12.6 Å². The first-order valence-electron chi connectivity index (χ1n) is 9.97. The van der Waals surface area contributed by atoms with E-state index in [1.54, 1.807) is 19.3 Å². The molecule has 3 rings (SSSR count). The fraction of sp³-hybridized carbons (Fsp3) is 0.280. The zero-order valence-electron chi connectivity index (χ0n) is 17.0. The van der Waals surface area contributed by atoms with Crippen LogP contribution in [0, 0.1) is 0 Å². The standard InChI is InChI=1S/C25H27NO3/c1-3-15-25(2,24(27)28-19-22-10-7-16-26-18-22)29-23-13-11-21(12-14-23)17-20-8-5-4-6-9-20/h4-14,16,18H,3,15,17,19H2,1-2H3. The average molecular weight is 389 g/mol. The molecule has 1 aromatic heterocycles. The molecule has 0 saturated carbocycles. The zero-order chi connectivity index (χ0) is 20.5. The van der Waals surface area contributed by atoms with Gasteiger partial charge in [0.2, 0.25) is 5.60 Å². The lowest BCUT2D eigenvalue weighted by molar-refractivity contribution is -0.163. The van der Waals surface area contributed by atoms with Gasteiger partial charge in [0.15, 0.2) is 0 Å². The molecule has 29 heavy (non-hydrogen) atoms. The number of hydrogen-bond acceptors (Lipinski definition) is 4. The molecular weight excluding hydrogens is 362 g/mol. The number of carbonyl (C=O) groups excluding carboxylic acids is 1. The van der Waals surface area contributed by atoms with Crippen LogP contribution < -0.4 is 4.74 Å². The SMILES string of the molecule is CCCC(C)(Oc1ccc(Cc2ccccc2)cc1)C(=O)OCc1cccnc1. The molecule has 1 heterocycles. The second-order valence-electron chi connectivity index (χ2n) is 7.33. The van der Waals surface area contributed by atoms with Gasteiger partial charge >= 0.3 is 5.97 Å². The van der Waals surface area contributed by atoms with Crippen LogP contribution in [0.3, 0.4) is 0 Å². The van der Waals surface area contributed by atoms with Gasteiger partial charge in [-0.3, -0.25) is 4.98 Å². The summed E-state index contributed by atoms with van der Waals surface area (Å²) >= 11 is 0. The van der Waals surface area contributed by atoms with E-state index in [0.717, 1.165) is 18.4 Å². The normalized spacial score (nSPS) is 12.8. The van der Waals surface area contributed by atoms with E-state index >= 15 is 0 Å². The topological polar surface area (TPSA) is 48.4 Å². The summed E-state index contributed by atoms with van der Waals surface area (Å²) in [4.78, 5) is 16.8. The summed E-state index contributed by atoms with van der Waals surface area (Å²) < 4.78 is 11.6. The van der Waals surface area contributed by atoms with Crippen LogP contribution in [0.15, 0.2) is 79.1 Å². The predicted octanol–water partition coefficient (Wildman–Crippen LogP) is 5.35. The van der Waals surface area contributed by atoms with Gasteiger partial charge in [-0.2, -0.15) is 0 Å². The minimum atomic E-state index is -1.03. The molecule has 4 nitrogen and oxygen atoms in total. The zero-order valence-corrected chi connectivity index (χ0v) is 17.0. The van der Waals surface area contributed by atoms with Crippen molar-refractivity contribution in [2.75, 3.05) is 0 Å². The Morgan fingerprint density at radius 3 is 2.28 bits per heavy atom. The Bertz CT molecular complexity index is 894. The van der Waals surface area contributed by atoms with Crippen molar-refractivity contribution in [1.29, 1.82) is 0 Å². The van der Waals surface area contributed by atoms with Gasteiger partial charge in [0.1, 0.15) is 12.4 Å². The maximum absolute atomic E-state index is 12.8. The third-order valence-corrected chi connectivity index (χ3v) is 4.77. The van der Waals surface area contributed by atoms with Crippen LogP contribution in [-0.2, 0) is 22.6 Å². The predicted molar refractivity (Wildman–Crippen MR) is 114 cm³/mol. The smallest absolute Gasteiger partial charge is 0.350 e. The Morgan fingerprint density at radius 1 is 0.931 bits per heavy atom. The van der Waals surface area contributed by atoms with E-state index in [1.807, 2.05) is 61.5 Å². The second kappa shape index (κ2) is 9.87. The lowest BCUT2D eigenvalue weighted by atomic mass is 10.00. The molecule has 2 aromatic carbocycles. The number of pyridine rings is 1. The maximum Gasteiger partial charge on any atom is 0.350 e. The van der Waals surface area contributed by atoms with Gasteiger partial charge in [-0.15, -0.1) is 0 Å². The summed E-state index contributed by atoms with van der Waals surface area (Å²) in [5.74, 6) is 0.299. The molecule has 0 saturated heterocycles. The molecule has 0 N–H and O–H groups in total. The van der Waals surface area contributed by atoms with Crippen molar-refractivity contribution in [3.63, 3.8) is 0 Å². The first kappa shape index (κ1) is 20.6. The van der Waals surface area contributed by atoms with E-state index in [0.29, 0.717) is 12.2 Å². The van der Waals surface area contributed by atoms with Gasteiger partial charge in [-0.1, -0.05) is 61.9 Å². The summed E-state index contributed by atoms with van der Waals surface area (Å²) in [6.45, 7) is 4.00. The molecular formula is C25H27NO3. The van der Waals surface area contributed by atoms with E-state index in [4.69, 9.17) is 9.47 Å². The molecule has 0 radical (unpaired) electrons. The highest BCUT2D eigenvalue weighted by Crippen LogP contribution is 2.25. The van der Waals surface area contributed by atoms with Crippen LogP contribution in [-0.4, -0.2) is 16.6 Å². The van der Waals surface area contributed by atoms with Crippen molar-refractivity contribution in [1.82, 2.24) is 4.98 Å². The summed E-state index contributed by atoms with van der Waals surface area (Å²) in [5, 5.41) is 0. The van der Waals surface area contributed by atoms with Gasteiger partial charge in [0.25, 0.3) is 0 Å². The van der Waals surface area contributed by atoms with E-state index in [9.17, 15) is 4.79 Å². The van der Waals surface area contributed by atoms with E-state index in [1.165, 1.54) is 11.1 Å². The summed E-state index contributed by atoms with van der Waals surface area (Å²) in [5.41, 5.74) is 2.28. The number of nitrogens with zero attached hydrogens (tertiary/aromatic N) is 1. The number of aromatic nitrogens is 1. The Morgan fingerprint density at radius 2 is 1.62 bits per heavy atom. The highest BCUT2D eigenvalue weighted by molar-refractivity contribution is 5.79. The fourth-order valence-corrected chi connectivity index (χ4v) is 3.22. The molecule has 0 spiro atoms. The van der Waals surface area contributed by atoms with Gasteiger partial charge in [0.05, 0.1) is 0 Å². The molecule has 0 fully saturated rings. The molecule has 0 amide bonds.